The highest BCUT2D eigenvalue weighted by Crippen LogP contribution is 2.60. The molecule has 2 saturated carbocycles. The minimum atomic E-state index is -6.06. The zero-order valence-corrected chi connectivity index (χ0v) is 42.3. The summed E-state index contributed by atoms with van der Waals surface area (Å²) in [5, 5.41) is 9.27. The van der Waals surface area contributed by atoms with E-state index in [9.17, 15) is 95.3 Å². The van der Waals surface area contributed by atoms with Crippen molar-refractivity contribution in [3.8, 4) is 0 Å². The Balaban J connectivity index is 0.000000378. The highest BCUT2D eigenvalue weighted by molar-refractivity contribution is 5.86. The predicted octanol–water partition coefficient (Wildman–Crippen LogP) is 9.70. The molecule has 0 radical (unpaired) electrons. The lowest BCUT2D eigenvalue weighted by molar-refractivity contribution is -0.410. The molecule has 8 atom stereocenters. The fourth-order valence-electron chi connectivity index (χ4n) is 7.60. The quantitative estimate of drug-likeness (QED) is 0.0984. The van der Waals surface area contributed by atoms with E-state index in [1.807, 2.05) is 6.92 Å². The molecule has 424 valence electrons. The molecule has 4 aliphatic rings. The van der Waals surface area contributed by atoms with Crippen molar-refractivity contribution in [2.75, 3.05) is 13.2 Å². The van der Waals surface area contributed by atoms with Crippen LogP contribution in [0.5, 0.6) is 0 Å². The fraction of sp³-hybridized carbons (Fsp3) is 0.867. The minimum Gasteiger partial charge on any atom is -0.458 e. The van der Waals surface area contributed by atoms with Gasteiger partial charge >= 0.3 is 72.2 Å². The van der Waals surface area contributed by atoms with Gasteiger partial charge in [0.05, 0.1) is 40.6 Å². The Morgan fingerprint density at radius 2 is 1.16 bits per heavy atom. The number of hydrogen-bond acceptors (Lipinski definition) is 14. The van der Waals surface area contributed by atoms with Crippen LogP contribution in [0.3, 0.4) is 0 Å². The summed E-state index contributed by atoms with van der Waals surface area (Å²) < 4.78 is 217. The van der Waals surface area contributed by atoms with Crippen molar-refractivity contribution >= 4 is 35.8 Å². The van der Waals surface area contributed by atoms with Crippen LogP contribution in [0, 0.1) is 45.8 Å². The smallest absolute Gasteiger partial charge is 0.458 e. The van der Waals surface area contributed by atoms with Gasteiger partial charge in [-0.1, -0.05) is 34.6 Å². The number of aliphatic hydroxyl groups is 1. The van der Waals surface area contributed by atoms with Crippen molar-refractivity contribution in [2.24, 2.45) is 45.8 Å². The molecule has 2 heterocycles. The SMILES string of the molecule is CCC(C)(C)C(=O)OC(C)(C)C(O)(C(F)(F)F)C(F)(F)F.CCC(C)(C)C(=O)OC1(C)COC(OC(=O)C(C)C)(C(F)(F)F)C1(F)F.CCC(C)(C)C(=O)OC1C2CC3C1OC(=O)C3C2C(=O)OCC(F)(F)F. The van der Waals surface area contributed by atoms with Gasteiger partial charge in [-0.15, -0.1) is 0 Å². The zero-order chi connectivity index (χ0) is 57.7. The summed E-state index contributed by atoms with van der Waals surface area (Å²) in [7, 11) is 0. The van der Waals surface area contributed by atoms with Crippen LogP contribution in [0.1, 0.15) is 123 Å². The zero-order valence-electron chi connectivity index (χ0n) is 42.3. The molecule has 0 amide bonds. The maximum atomic E-state index is 14.9. The van der Waals surface area contributed by atoms with Gasteiger partial charge in [0, 0.05) is 11.8 Å². The standard InChI is InChI=1S/C17H21F3O6.C16H23F5O5.C12H18F6O3/c1-4-16(2,3)15(23)26-12-7-5-8-10(14(22)25-11(8)12)9(7)13(21)24-6-17(18,19)20;1-7-12(4,5)11(23)26-13(6)8-24-15(14(13,17)18,16(19,20)21)25-10(22)9(2)3;1-6-8(2,3)7(19)21-9(4,5)10(20,11(13,14)15)12(16,17)18/h7-12H,4-6H2,1-3H3;9H,7-8H2,1-6H3;20H,6H2,1-5H3. The van der Waals surface area contributed by atoms with E-state index in [0.717, 1.165) is 0 Å². The van der Waals surface area contributed by atoms with Gasteiger partial charge in [0.25, 0.3) is 5.60 Å². The lowest BCUT2D eigenvalue weighted by Crippen LogP contribution is -2.70. The normalized spacial score (nSPS) is 27.2. The highest BCUT2D eigenvalue weighted by Gasteiger charge is 2.86. The summed E-state index contributed by atoms with van der Waals surface area (Å²) in [5.74, 6) is -19.4. The molecular formula is C45H62F14O14. The first kappa shape index (κ1) is 64.9. The Morgan fingerprint density at radius 3 is 1.58 bits per heavy atom. The third kappa shape index (κ3) is 12.6. The van der Waals surface area contributed by atoms with Gasteiger partial charge < -0.3 is 38.3 Å². The minimum absolute atomic E-state index is 0.137. The Hall–Kier alpha value is -4.24. The van der Waals surface area contributed by atoms with E-state index in [-0.39, 0.29) is 18.8 Å². The number of hydrogen-bond donors (Lipinski definition) is 1. The van der Waals surface area contributed by atoms with E-state index in [1.165, 1.54) is 48.5 Å². The van der Waals surface area contributed by atoms with Gasteiger partial charge in [-0.3, -0.25) is 28.8 Å². The van der Waals surface area contributed by atoms with E-state index >= 15 is 0 Å². The molecular weight excluding hydrogens is 1030 g/mol. The topological polar surface area (TPSA) is 187 Å². The van der Waals surface area contributed by atoms with E-state index in [2.05, 4.69) is 18.9 Å². The Kier molecular flexibility index (Phi) is 18.7. The van der Waals surface area contributed by atoms with Crippen LogP contribution in [0.15, 0.2) is 0 Å². The van der Waals surface area contributed by atoms with Gasteiger partial charge in [0.15, 0.2) is 12.2 Å². The second-order valence-electron chi connectivity index (χ2n) is 21.1. The molecule has 8 unspecified atom stereocenters. The monoisotopic (exact) mass is 1090 g/mol. The molecule has 1 N–H and O–H groups in total. The summed E-state index contributed by atoms with van der Waals surface area (Å²) in [6, 6.07) is 0. The first-order valence-electron chi connectivity index (χ1n) is 22.7. The molecule has 4 fully saturated rings. The Bertz CT molecular complexity index is 2030. The third-order valence-corrected chi connectivity index (χ3v) is 13.8. The second kappa shape index (κ2) is 21.1. The van der Waals surface area contributed by atoms with Crippen molar-refractivity contribution in [3.63, 3.8) is 0 Å². The molecule has 14 nitrogen and oxygen atoms in total. The number of halogens is 14. The molecule has 2 aliphatic carbocycles. The van der Waals surface area contributed by atoms with Crippen LogP contribution >= 0.6 is 0 Å². The van der Waals surface area contributed by atoms with Crippen LogP contribution in [-0.2, 0) is 61.9 Å². The average molecular weight is 1090 g/mol. The van der Waals surface area contributed by atoms with E-state index < -0.39 is 154 Å². The third-order valence-electron chi connectivity index (χ3n) is 13.8. The lowest BCUT2D eigenvalue weighted by Gasteiger charge is -2.44. The number of ether oxygens (including phenoxy) is 7. The van der Waals surface area contributed by atoms with Crippen molar-refractivity contribution in [1.82, 2.24) is 0 Å². The number of rotatable bonds is 14. The van der Waals surface area contributed by atoms with Gasteiger partial charge in [-0.2, -0.15) is 61.5 Å². The number of fused-ring (bicyclic) bond motifs is 1. The first-order chi connectivity index (χ1) is 32.4. The average Bonchev–Trinajstić information content (AvgIpc) is 3.91. The summed E-state index contributed by atoms with van der Waals surface area (Å²) in [6.45, 7) is 14.5. The van der Waals surface area contributed by atoms with Gasteiger partial charge in [-0.05, 0) is 88.0 Å². The first-order valence-corrected chi connectivity index (χ1v) is 22.7. The second-order valence-corrected chi connectivity index (χ2v) is 21.1. The largest absolute Gasteiger partial charge is 0.462 e. The van der Waals surface area contributed by atoms with Crippen molar-refractivity contribution in [3.05, 3.63) is 0 Å². The van der Waals surface area contributed by atoms with Crippen molar-refractivity contribution in [2.45, 2.75) is 188 Å². The van der Waals surface area contributed by atoms with Crippen LogP contribution < -0.4 is 0 Å². The van der Waals surface area contributed by atoms with Crippen molar-refractivity contribution in [1.29, 1.82) is 0 Å². The molecule has 0 spiro atoms. The number of carbonyl (C=O) groups is 6. The molecule has 2 saturated heterocycles. The van der Waals surface area contributed by atoms with E-state index in [0.29, 0.717) is 33.6 Å². The predicted molar refractivity (Wildman–Crippen MR) is 220 cm³/mol. The van der Waals surface area contributed by atoms with Gasteiger partial charge in [0.1, 0.15) is 12.2 Å². The van der Waals surface area contributed by atoms with Gasteiger partial charge in [-0.25, -0.2) is 0 Å². The van der Waals surface area contributed by atoms with Crippen LogP contribution in [0.2, 0.25) is 0 Å². The van der Waals surface area contributed by atoms with Crippen molar-refractivity contribution < 1.29 is 128 Å². The highest BCUT2D eigenvalue weighted by atomic mass is 19.4. The molecule has 4 rings (SSSR count). The summed E-state index contributed by atoms with van der Waals surface area (Å²) in [6.07, 6.45) is -22.7. The molecule has 73 heavy (non-hydrogen) atoms. The van der Waals surface area contributed by atoms with Gasteiger partial charge in [0.2, 0.25) is 5.60 Å². The molecule has 0 aromatic carbocycles. The Labute approximate surface area is 411 Å². The Morgan fingerprint density at radius 1 is 0.712 bits per heavy atom. The summed E-state index contributed by atoms with van der Waals surface area (Å²) in [4.78, 5) is 72.2. The fourth-order valence-corrected chi connectivity index (χ4v) is 7.60. The summed E-state index contributed by atoms with van der Waals surface area (Å²) >= 11 is 0. The summed E-state index contributed by atoms with van der Waals surface area (Å²) in [5.41, 5.74) is -14.6. The van der Waals surface area contributed by atoms with E-state index in [1.54, 1.807) is 20.8 Å². The van der Waals surface area contributed by atoms with Crippen LogP contribution in [0.25, 0.3) is 0 Å². The number of alkyl halides is 14. The lowest BCUT2D eigenvalue weighted by atomic mass is 9.78. The molecule has 2 aliphatic heterocycles. The molecule has 0 aromatic rings. The van der Waals surface area contributed by atoms with E-state index in [4.69, 9.17) is 14.2 Å². The van der Waals surface area contributed by atoms with Crippen LogP contribution in [-0.4, -0.2) is 120 Å². The number of esters is 6. The molecule has 2 bridgehead atoms. The number of carbonyl (C=O) groups excluding carboxylic acids is 6. The molecule has 0 aromatic heterocycles. The maximum absolute atomic E-state index is 14.9. The molecule has 28 heteroatoms. The van der Waals surface area contributed by atoms with Crippen LogP contribution in [0.4, 0.5) is 61.5 Å². The maximum Gasteiger partial charge on any atom is 0.462 e.